The van der Waals surface area contributed by atoms with Gasteiger partial charge >= 0.3 is 5.97 Å². The number of rotatable bonds is 5. The molecule has 136 valence electrons. The van der Waals surface area contributed by atoms with E-state index < -0.39 is 5.97 Å². The Morgan fingerprint density at radius 3 is 2.46 bits per heavy atom. The highest BCUT2D eigenvalue weighted by Crippen LogP contribution is 2.22. The first-order valence-electron chi connectivity index (χ1n) is 8.56. The number of carboxylic acids is 1. The zero-order valence-electron chi connectivity index (χ0n) is 14.7. The van der Waals surface area contributed by atoms with Gasteiger partial charge in [-0.05, 0) is 23.8 Å². The van der Waals surface area contributed by atoms with Crippen LogP contribution in [0.15, 0.2) is 48.5 Å². The van der Waals surface area contributed by atoms with Crippen LogP contribution >= 0.6 is 0 Å². The van der Waals surface area contributed by atoms with Crippen LogP contribution in [0.2, 0.25) is 0 Å². The minimum atomic E-state index is -1.00. The molecule has 0 aliphatic carbocycles. The molecule has 1 aliphatic rings. The van der Waals surface area contributed by atoms with Crippen molar-refractivity contribution in [2.45, 2.75) is 6.42 Å². The van der Waals surface area contributed by atoms with Gasteiger partial charge in [0.1, 0.15) is 5.75 Å². The number of aromatic carboxylic acids is 1. The lowest BCUT2D eigenvalue weighted by molar-refractivity contribution is -0.130. The molecule has 0 radical (unpaired) electrons. The summed E-state index contributed by atoms with van der Waals surface area (Å²) in [5, 5.41) is 9.25. The number of anilines is 1. The molecular weight excluding hydrogens is 332 g/mol. The van der Waals surface area contributed by atoms with Gasteiger partial charge in [-0.3, -0.25) is 4.79 Å². The quantitative estimate of drug-likeness (QED) is 0.892. The van der Waals surface area contributed by atoms with Crippen LogP contribution in [-0.4, -0.2) is 55.2 Å². The molecule has 6 heteroatoms. The summed E-state index contributed by atoms with van der Waals surface area (Å²) in [6.07, 6.45) is 0.113. The summed E-state index contributed by atoms with van der Waals surface area (Å²) in [5.41, 5.74) is 1.82. The topological polar surface area (TPSA) is 70.1 Å². The van der Waals surface area contributed by atoms with E-state index in [4.69, 9.17) is 4.74 Å². The van der Waals surface area contributed by atoms with Crippen LogP contribution in [0.3, 0.4) is 0 Å². The highest BCUT2D eigenvalue weighted by Gasteiger charge is 2.23. The van der Waals surface area contributed by atoms with Gasteiger partial charge in [0.2, 0.25) is 5.91 Å². The average Bonchev–Trinajstić information content (AvgIpc) is 2.68. The Bertz CT molecular complexity index is 798. The molecule has 0 spiro atoms. The van der Waals surface area contributed by atoms with E-state index in [-0.39, 0.29) is 17.9 Å². The summed E-state index contributed by atoms with van der Waals surface area (Å²) in [4.78, 5) is 27.9. The molecule has 1 N–H and O–H groups in total. The zero-order valence-corrected chi connectivity index (χ0v) is 14.7. The van der Waals surface area contributed by atoms with E-state index in [1.807, 2.05) is 24.3 Å². The number of ether oxygens (including phenoxy) is 1. The predicted molar refractivity (Wildman–Crippen MR) is 98.9 cm³/mol. The second-order valence-corrected chi connectivity index (χ2v) is 6.21. The standard InChI is InChI=1S/C20H22N2O4/c1-26-17-7-4-6-16(14-17)21-9-11-22(12-10-21)19(23)13-15-5-2-3-8-18(15)20(24)25/h2-8,14H,9-13H2,1H3,(H,24,25). The molecule has 3 rings (SSSR count). The summed E-state index contributed by atoms with van der Waals surface area (Å²) in [6.45, 7) is 2.70. The van der Waals surface area contributed by atoms with E-state index in [0.717, 1.165) is 24.5 Å². The van der Waals surface area contributed by atoms with Gasteiger partial charge < -0.3 is 19.6 Å². The molecule has 1 fully saturated rings. The van der Waals surface area contributed by atoms with Crippen LogP contribution in [0.5, 0.6) is 5.75 Å². The van der Waals surface area contributed by atoms with Gasteiger partial charge in [0.15, 0.2) is 0 Å². The number of hydrogen-bond donors (Lipinski definition) is 1. The number of benzene rings is 2. The zero-order chi connectivity index (χ0) is 18.5. The molecule has 1 heterocycles. The Kier molecular flexibility index (Phi) is 5.41. The second-order valence-electron chi connectivity index (χ2n) is 6.21. The van der Waals surface area contributed by atoms with E-state index in [1.54, 1.807) is 30.2 Å². The minimum Gasteiger partial charge on any atom is -0.497 e. The molecule has 1 aliphatic heterocycles. The molecule has 1 amide bonds. The van der Waals surface area contributed by atoms with Crippen molar-refractivity contribution in [2.24, 2.45) is 0 Å². The maximum absolute atomic E-state index is 12.6. The highest BCUT2D eigenvalue weighted by molar-refractivity contribution is 5.91. The number of methoxy groups -OCH3 is 1. The number of carboxylic acid groups (broad SMARTS) is 1. The van der Waals surface area contributed by atoms with E-state index in [2.05, 4.69) is 4.90 Å². The van der Waals surface area contributed by atoms with E-state index in [1.165, 1.54) is 6.07 Å². The monoisotopic (exact) mass is 354 g/mol. The van der Waals surface area contributed by atoms with Gasteiger partial charge in [-0.15, -0.1) is 0 Å². The second kappa shape index (κ2) is 7.91. The van der Waals surface area contributed by atoms with Gasteiger partial charge in [-0.25, -0.2) is 4.79 Å². The Morgan fingerprint density at radius 1 is 1.04 bits per heavy atom. The highest BCUT2D eigenvalue weighted by atomic mass is 16.5. The normalized spacial score (nSPS) is 14.2. The predicted octanol–water partition coefficient (Wildman–Crippen LogP) is 2.28. The summed E-state index contributed by atoms with van der Waals surface area (Å²) in [6, 6.07) is 14.5. The summed E-state index contributed by atoms with van der Waals surface area (Å²) in [7, 11) is 1.64. The Morgan fingerprint density at radius 2 is 1.77 bits per heavy atom. The Balaban J connectivity index is 1.61. The average molecular weight is 354 g/mol. The van der Waals surface area contributed by atoms with Crippen LogP contribution in [0, 0.1) is 0 Å². The lowest BCUT2D eigenvalue weighted by Gasteiger charge is -2.36. The molecule has 0 atom stereocenters. The van der Waals surface area contributed by atoms with E-state index in [0.29, 0.717) is 18.7 Å². The lowest BCUT2D eigenvalue weighted by Crippen LogP contribution is -2.49. The molecule has 26 heavy (non-hydrogen) atoms. The van der Waals surface area contributed by atoms with Crippen molar-refractivity contribution < 1.29 is 19.4 Å². The number of hydrogen-bond acceptors (Lipinski definition) is 4. The van der Waals surface area contributed by atoms with Gasteiger partial charge in [-0.2, -0.15) is 0 Å². The first-order valence-corrected chi connectivity index (χ1v) is 8.56. The fourth-order valence-corrected chi connectivity index (χ4v) is 3.18. The molecule has 2 aromatic rings. The van der Waals surface area contributed by atoms with Crippen molar-refractivity contribution in [1.82, 2.24) is 4.90 Å². The van der Waals surface area contributed by atoms with Crippen molar-refractivity contribution in [2.75, 3.05) is 38.2 Å². The van der Waals surface area contributed by atoms with Crippen molar-refractivity contribution >= 4 is 17.6 Å². The van der Waals surface area contributed by atoms with E-state index in [9.17, 15) is 14.7 Å². The third-order valence-electron chi connectivity index (χ3n) is 4.64. The molecule has 6 nitrogen and oxygen atoms in total. The number of amides is 1. The summed E-state index contributed by atoms with van der Waals surface area (Å²) in [5.74, 6) is -0.230. The lowest BCUT2D eigenvalue weighted by atomic mass is 10.0. The number of piperazine rings is 1. The Labute approximate surface area is 152 Å². The maximum atomic E-state index is 12.6. The number of carbonyl (C=O) groups is 2. The molecule has 0 unspecified atom stereocenters. The van der Waals surface area contributed by atoms with Gasteiger partial charge in [0.25, 0.3) is 0 Å². The molecule has 0 bridgehead atoms. The van der Waals surface area contributed by atoms with E-state index >= 15 is 0 Å². The minimum absolute atomic E-state index is 0.0380. The van der Waals surface area contributed by atoms with Crippen LogP contribution in [0.1, 0.15) is 15.9 Å². The largest absolute Gasteiger partial charge is 0.497 e. The van der Waals surface area contributed by atoms with Crippen molar-refractivity contribution in [3.63, 3.8) is 0 Å². The van der Waals surface area contributed by atoms with Crippen LogP contribution in [0.25, 0.3) is 0 Å². The molecule has 1 saturated heterocycles. The SMILES string of the molecule is COc1cccc(N2CCN(C(=O)Cc3ccccc3C(=O)O)CC2)c1. The first kappa shape index (κ1) is 17.8. The molecule has 0 saturated carbocycles. The molecular formula is C20H22N2O4. The van der Waals surface area contributed by atoms with Gasteiger partial charge in [-0.1, -0.05) is 24.3 Å². The molecule has 0 aromatic heterocycles. The van der Waals surface area contributed by atoms with Gasteiger partial charge in [0, 0.05) is 37.9 Å². The van der Waals surface area contributed by atoms with Crippen LogP contribution in [0.4, 0.5) is 5.69 Å². The maximum Gasteiger partial charge on any atom is 0.335 e. The van der Waals surface area contributed by atoms with Crippen LogP contribution in [-0.2, 0) is 11.2 Å². The van der Waals surface area contributed by atoms with Crippen molar-refractivity contribution in [3.05, 3.63) is 59.7 Å². The number of carbonyl (C=O) groups excluding carboxylic acids is 1. The first-order chi connectivity index (χ1) is 12.6. The summed E-state index contributed by atoms with van der Waals surface area (Å²) >= 11 is 0. The van der Waals surface area contributed by atoms with Gasteiger partial charge in [0.05, 0.1) is 19.1 Å². The summed E-state index contributed by atoms with van der Waals surface area (Å²) < 4.78 is 5.26. The van der Waals surface area contributed by atoms with Crippen molar-refractivity contribution in [1.29, 1.82) is 0 Å². The smallest absolute Gasteiger partial charge is 0.335 e. The van der Waals surface area contributed by atoms with Crippen LogP contribution < -0.4 is 9.64 Å². The van der Waals surface area contributed by atoms with Crippen molar-refractivity contribution in [3.8, 4) is 5.75 Å². The molecule has 2 aromatic carbocycles. The third-order valence-corrected chi connectivity index (χ3v) is 4.64. The number of nitrogens with zero attached hydrogens (tertiary/aromatic N) is 2. The third kappa shape index (κ3) is 3.96. The fourth-order valence-electron chi connectivity index (χ4n) is 3.18. The Hall–Kier alpha value is -3.02. The fraction of sp³-hybridized carbons (Fsp3) is 0.300.